The number of hydrogen-bond acceptors (Lipinski definition) is 7. The van der Waals surface area contributed by atoms with Crippen LogP contribution in [0.3, 0.4) is 0 Å². The fraction of sp³-hybridized carbons (Fsp3) is 0.438. The number of halogens is 1. The molecule has 0 saturated carbocycles. The minimum Gasteiger partial charge on any atom is -0.388 e. The molecule has 0 fully saturated rings. The summed E-state index contributed by atoms with van der Waals surface area (Å²) in [5, 5.41) is 35.1. The topological polar surface area (TPSA) is 97.2 Å². The van der Waals surface area contributed by atoms with Gasteiger partial charge in [0.2, 0.25) is 6.41 Å². The van der Waals surface area contributed by atoms with E-state index in [9.17, 15) is 5.11 Å². The minimum absolute atomic E-state index is 0.225. The Kier molecular flexibility index (Phi) is 11.1. The van der Waals surface area contributed by atoms with Crippen molar-refractivity contribution in [3.8, 4) is 0 Å². The Bertz CT molecular complexity index is 1200. The molecule has 1 heterocycles. The highest BCUT2D eigenvalue weighted by Gasteiger charge is 2.41. The summed E-state index contributed by atoms with van der Waals surface area (Å²) in [5.41, 5.74) is 4.30. The van der Waals surface area contributed by atoms with Crippen molar-refractivity contribution in [1.29, 1.82) is 0 Å². The van der Waals surface area contributed by atoms with Crippen molar-refractivity contribution in [2.75, 3.05) is 13.6 Å². The Balaban J connectivity index is 1.72. The highest BCUT2D eigenvalue weighted by atomic mass is 19.1. The maximum absolute atomic E-state index is 15.5. The lowest BCUT2D eigenvalue weighted by molar-refractivity contribution is -0.0788. The number of likely N-dealkylation sites (N-methyl/N-ethyl adjacent to an activating group) is 1. The van der Waals surface area contributed by atoms with Gasteiger partial charge in [-0.15, -0.1) is 6.58 Å². The van der Waals surface area contributed by atoms with Crippen molar-refractivity contribution in [1.82, 2.24) is 15.5 Å². The molecule has 0 radical (unpaired) electrons. The predicted octanol–water partition coefficient (Wildman–Crippen LogP) is 3.98. The summed E-state index contributed by atoms with van der Waals surface area (Å²) in [6.45, 7) is 16.6. The van der Waals surface area contributed by atoms with Crippen LogP contribution in [0, 0.1) is 5.82 Å². The van der Waals surface area contributed by atoms with Crippen LogP contribution < -0.4 is 10.6 Å². The number of aryl methyl sites for hydroxylation is 2. The third-order valence-electron chi connectivity index (χ3n) is 7.54. The van der Waals surface area contributed by atoms with Crippen molar-refractivity contribution < 1.29 is 24.4 Å². The van der Waals surface area contributed by atoms with Crippen molar-refractivity contribution in [3.63, 3.8) is 0 Å². The molecule has 0 spiro atoms. The molecule has 3 atom stereocenters. The molecule has 40 heavy (non-hydrogen) atoms. The zero-order chi connectivity index (χ0) is 29.4. The van der Waals surface area contributed by atoms with Crippen LogP contribution in [-0.2, 0) is 30.5 Å². The van der Waals surface area contributed by atoms with Crippen molar-refractivity contribution in [2.45, 2.75) is 76.8 Å². The highest BCUT2D eigenvalue weighted by molar-refractivity contribution is 5.71. The molecule has 218 valence electrons. The molecule has 2 aromatic rings. The van der Waals surface area contributed by atoms with Crippen LogP contribution >= 0.6 is 0 Å². The molecule has 8 heteroatoms. The lowest BCUT2D eigenvalue weighted by Gasteiger charge is -2.40. The van der Waals surface area contributed by atoms with Gasteiger partial charge >= 0.3 is 0 Å². The number of allylic oxidation sites excluding steroid dienone is 1. The maximum atomic E-state index is 15.5. The molecule has 1 aliphatic rings. The van der Waals surface area contributed by atoms with Gasteiger partial charge in [0.25, 0.3) is 0 Å². The van der Waals surface area contributed by atoms with E-state index in [4.69, 9.17) is 14.9 Å². The third-order valence-corrected chi connectivity index (χ3v) is 7.54. The molecule has 5 N–H and O–H groups in total. The fourth-order valence-corrected chi connectivity index (χ4v) is 5.36. The summed E-state index contributed by atoms with van der Waals surface area (Å²) in [6.07, 6.45) is 2.27. The minimum atomic E-state index is -1.60. The van der Waals surface area contributed by atoms with Gasteiger partial charge in [0, 0.05) is 44.2 Å². The summed E-state index contributed by atoms with van der Waals surface area (Å²) in [4.78, 5) is 1.89. The molecule has 2 aromatic carbocycles. The number of aliphatic hydroxyl groups excluding tert-OH is 1. The van der Waals surface area contributed by atoms with Gasteiger partial charge in [-0.05, 0) is 55.4 Å². The van der Waals surface area contributed by atoms with Gasteiger partial charge in [0.05, 0.1) is 17.9 Å². The van der Waals surface area contributed by atoms with E-state index in [1.165, 1.54) is 0 Å². The predicted molar refractivity (Wildman–Crippen MR) is 157 cm³/mol. The molecule has 7 nitrogen and oxygen atoms in total. The van der Waals surface area contributed by atoms with Crippen molar-refractivity contribution >= 4 is 5.70 Å². The maximum Gasteiger partial charge on any atom is 0.211 e. The molecule has 3 rings (SSSR count). The molecule has 0 aliphatic carbocycles. The Morgan fingerprint density at radius 2 is 1.77 bits per heavy atom. The van der Waals surface area contributed by atoms with E-state index >= 15 is 4.39 Å². The van der Waals surface area contributed by atoms with Crippen LogP contribution in [-0.4, -0.2) is 58.2 Å². The van der Waals surface area contributed by atoms with Crippen LogP contribution in [0.5, 0.6) is 0 Å². The average Bonchev–Trinajstić information content (AvgIpc) is 3.28. The second kappa shape index (κ2) is 14.1. The van der Waals surface area contributed by atoms with Crippen molar-refractivity contribution in [3.05, 3.63) is 102 Å². The Morgan fingerprint density at radius 3 is 2.45 bits per heavy atom. The quantitative estimate of drug-likeness (QED) is 0.159. The molecule has 0 amide bonds. The first-order valence-electron chi connectivity index (χ1n) is 13.8. The molecule has 1 aliphatic heterocycles. The molecule has 3 unspecified atom stereocenters. The monoisotopic (exact) mass is 553 g/mol. The van der Waals surface area contributed by atoms with Gasteiger partial charge in [-0.1, -0.05) is 55.6 Å². The summed E-state index contributed by atoms with van der Waals surface area (Å²) >= 11 is 0. The van der Waals surface area contributed by atoms with Crippen molar-refractivity contribution in [2.24, 2.45) is 0 Å². The number of fused-ring (bicyclic) bond motifs is 1. The number of nitrogens with one attached hydrogen (secondary N) is 2. The summed E-state index contributed by atoms with van der Waals surface area (Å²) in [7, 11) is 1.74. The number of hydrogen-bond donors (Lipinski definition) is 5. The van der Waals surface area contributed by atoms with Gasteiger partial charge in [0.1, 0.15) is 5.82 Å². The number of rotatable bonds is 16. The van der Waals surface area contributed by atoms with Crippen LogP contribution in [0.15, 0.2) is 67.9 Å². The van der Waals surface area contributed by atoms with E-state index in [0.717, 1.165) is 22.4 Å². The van der Waals surface area contributed by atoms with E-state index in [1.807, 2.05) is 43.0 Å². The molecule has 0 saturated heterocycles. The Hall–Kier alpha value is -3.01. The lowest BCUT2D eigenvalue weighted by atomic mass is 9.95. The van der Waals surface area contributed by atoms with Gasteiger partial charge in [-0.2, -0.15) is 0 Å². The molecular formula is C32H44FN3O4. The van der Waals surface area contributed by atoms with Crippen LogP contribution in [0.4, 0.5) is 4.39 Å². The molecule has 0 bridgehead atoms. The van der Waals surface area contributed by atoms with E-state index in [1.54, 1.807) is 19.2 Å². The summed E-state index contributed by atoms with van der Waals surface area (Å²) in [6, 6.07) is 11.5. The van der Waals surface area contributed by atoms with Gasteiger partial charge in [-0.25, -0.2) is 4.39 Å². The van der Waals surface area contributed by atoms with E-state index in [2.05, 4.69) is 36.4 Å². The van der Waals surface area contributed by atoms with Crippen LogP contribution in [0.1, 0.15) is 54.5 Å². The van der Waals surface area contributed by atoms with Gasteiger partial charge in [0.15, 0.2) is 5.72 Å². The first kappa shape index (κ1) is 31.5. The Labute approximate surface area is 237 Å². The lowest BCUT2D eigenvalue weighted by Crippen LogP contribution is -2.49. The Morgan fingerprint density at radius 1 is 1.12 bits per heavy atom. The zero-order valence-electron chi connectivity index (χ0n) is 23.9. The summed E-state index contributed by atoms with van der Waals surface area (Å²) in [5.74, 6) is -0.225. The summed E-state index contributed by atoms with van der Waals surface area (Å²) < 4.78 is 21.4. The normalized spacial score (nSPS) is 16.0. The van der Waals surface area contributed by atoms with Gasteiger partial charge in [-0.3, -0.25) is 5.32 Å². The number of nitrogens with zero attached hydrogens (tertiary/aromatic N) is 1. The second-order valence-corrected chi connectivity index (χ2v) is 10.5. The van der Waals surface area contributed by atoms with Crippen LogP contribution in [0.2, 0.25) is 0 Å². The molecule has 0 aromatic heterocycles. The van der Waals surface area contributed by atoms with Crippen LogP contribution in [0.25, 0.3) is 5.70 Å². The van der Waals surface area contributed by atoms with Gasteiger partial charge < -0.3 is 30.3 Å². The smallest absolute Gasteiger partial charge is 0.211 e. The van der Waals surface area contributed by atoms with E-state index in [0.29, 0.717) is 55.5 Å². The van der Waals surface area contributed by atoms with E-state index < -0.39 is 12.1 Å². The third kappa shape index (κ3) is 7.38. The zero-order valence-corrected chi connectivity index (χ0v) is 23.9. The number of ether oxygens (including phenoxy) is 1. The first-order valence-corrected chi connectivity index (χ1v) is 13.8. The second-order valence-electron chi connectivity index (χ2n) is 10.5. The first-order chi connectivity index (χ1) is 19.0. The average molecular weight is 554 g/mol. The SMILES string of the molecule is C=CCCC(O)(C(=C)NC)N1Cc2c(CCc3cccc(CC(C)OC(C)CNC(O)O)c3F)cccc2C1=C. The molecular weight excluding hydrogens is 509 g/mol. The number of benzene rings is 2. The van der Waals surface area contributed by atoms with E-state index in [-0.39, 0.29) is 24.6 Å². The standard InChI is InChI=1S/C32H44FN3O4/c1-7-8-17-32(39,24(5)34-6)36-20-29-25(11-10-14-28(29)23(36)4)15-16-26-12-9-13-27(30(26)33)18-21(2)40-22(3)19-35-31(37)38/h7,9-14,21-22,31,34-35,37-39H,1,4-5,8,15-20H2,2-3,6H3. The largest absolute Gasteiger partial charge is 0.388 e. The number of aliphatic hydroxyl groups is 3. The fourth-order valence-electron chi connectivity index (χ4n) is 5.36. The highest BCUT2D eigenvalue weighted by Crippen LogP contribution is 2.41.